The number of nitrogens with one attached hydrogen (secondary N) is 1. The van der Waals surface area contributed by atoms with Gasteiger partial charge < -0.3 is 15.6 Å². The molecule has 0 spiro atoms. The van der Waals surface area contributed by atoms with Crippen LogP contribution in [0.2, 0.25) is 5.02 Å². The first-order chi connectivity index (χ1) is 16.3. The molecule has 4 rings (SSSR count). The van der Waals surface area contributed by atoms with Gasteiger partial charge in [0.25, 0.3) is 0 Å². The van der Waals surface area contributed by atoms with Crippen LogP contribution in [-0.4, -0.2) is 71.0 Å². The molecule has 0 amide bonds. The van der Waals surface area contributed by atoms with Crippen LogP contribution in [0.1, 0.15) is 6.92 Å². The van der Waals surface area contributed by atoms with Gasteiger partial charge in [-0.1, -0.05) is 17.7 Å². The fourth-order valence-corrected chi connectivity index (χ4v) is 8.55. The Morgan fingerprint density at radius 1 is 1.17 bits per heavy atom. The van der Waals surface area contributed by atoms with Crippen LogP contribution in [0.5, 0.6) is 0 Å². The minimum absolute atomic E-state index is 0.220. The van der Waals surface area contributed by atoms with Gasteiger partial charge in [-0.15, -0.1) is 11.3 Å². The topological polar surface area (TPSA) is 163 Å². The van der Waals surface area contributed by atoms with E-state index in [1.165, 1.54) is 36.3 Å². The van der Waals surface area contributed by atoms with E-state index in [0.29, 0.717) is 32.2 Å². The van der Waals surface area contributed by atoms with E-state index in [0.717, 1.165) is 22.7 Å². The highest BCUT2D eigenvalue weighted by Crippen LogP contribution is 2.38. The monoisotopic (exact) mass is 575 g/mol. The molecule has 188 valence electrons. The first-order valence-corrected chi connectivity index (χ1v) is 15.9. The molecule has 0 aliphatic rings. The molecular weight excluding hydrogens is 554 g/mol. The zero-order valence-corrected chi connectivity index (χ0v) is 22.9. The Kier molecular flexibility index (Phi) is 7.02. The van der Waals surface area contributed by atoms with Crippen LogP contribution in [0.3, 0.4) is 0 Å². The van der Waals surface area contributed by atoms with Crippen LogP contribution in [-0.2, 0) is 26.2 Å². The van der Waals surface area contributed by atoms with E-state index >= 15 is 0 Å². The SMILES string of the molecule is CC(CNCCn1c(Sc2nc3cccc(Cl)c3s2)nc2c(N)ncnc21)(S(C)(=O)=O)S(C)(=O)=O. The predicted octanol–water partition coefficient (Wildman–Crippen LogP) is 2.22. The lowest BCUT2D eigenvalue weighted by Crippen LogP contribution is -2.50. The maximum Gasteiger partial charge on any atom is 0.182 e. The first kappa shape index (κ1) is 26.0. The number of fused-ring (bicyclic) bond motifs is 2. The molecule has 0 aliphatic carbocycles. The molecule has 11 nitrogen and oxygen atoms in total. The minimum atomic E-state index is -3.89. The van der Waals surface area contributed by atoms with Gasteiger partial charge in [-0.3, -0.25) is 0 Å². The molecule has 0 atom stereocenters. The molecule has 0 bridgehead atoms. The number of nitrogens with two attached hydrogens (primary N) is 1. The Morgan fingerprint density at radius 2 is 1.89 bits per heavy atom. The average Bonchev–Trinajstić information content (AvgIpc) is 3.32. The number of anilines is 1. The average molecular weight is 576 g/mol. The van der Waals surface area contributed by atoms with Crippen LogP contribution < -0.4 is 11.1 Å². The van der Waals surface area contributed by atoms with Crippen molar-refractivity contribution in [1.82, 2.24) is 29.8 Å². The Morgan fingerprint density at radius 3 is 2.54 bits per heavy atom. The van der Waals surface area contributed by atoms with Gasteiger partial charge in [0.1, 0.15) is 6.33 Å². The number of sulfone groups is 2. The van der Waals surface area contributed by atoms with Crippen molar-refractivity contribution in [3.8, 4) is 0 Å². The summed E-state index contributed by atoms with van der Waals surface area (Å²) in [6.07, 6.45) is 3.16. The maximum absolute atomic E-state index is 12.2. The summed E-state index contributed by atoms with van der Waals surface area (Å²) in [6, 6.07) is 5.50. The van der Waals surface area contributed by atoms with Crippen LogP contribution in [0.25, 0.3) is 21.4 Å². The molecule has 3 N–H and O–H groups in total. The number of nitrogens with zero attached hydrogens (tertiary/aromatic N) is 5. The van der Waals surface area contributed by atoms with Crippen molar-refractivity contribution in [3.05, 3.63) is 29.5 Å². The number of nitrogen functional groups attached to an aromatic ring is 1. The summed E-state index contributed by atoms with van der Waals surface area (Å²) in [7, 11) is -7.78. The number of imidazole rings is 1. The normalized spacial score (nSPS) is 13.1. The van der Waals surface area contributed by atoms with Crippen molar-refractivity contribution in [2.24, 2.45) is 0 Å². The fourth-order valence-electron chi connectivity index (χ4n) is 3.27. The van der Waals surface area contributed by atoms with Crippen molar-refractivity contribution < 1.29 is 16.8 Å². The van der Waals surface area contributed by atoms with E-state index in [-0.39, 0.29) is 18.9 Å². The third kappa shape index (κ3) is 4.97. The summed E-state index contributed by atoms with van der Waals surface area (Å²) in [4.78, 5) is 17.5. The molecule has 0 unspecified atom stereocenters. The van der Waals surface area contributed by atoms with Crippen LogP contribution in [0.15, 0.2) is 34.0 Å². The zero-order valence-electron chi connectivity index (χ0n) is 18.9. The third-order valence-corrected chi connectivity index (χ3v) is 13.4. The molecule has 0 aliphatic heterocycles. The highest BCUT2D eigenvalue weighted by atomic mass is 35.5. The summed E-state index contributed by atoms with van der Waals surface area (Å²) in [5.74, 6) is 0.220. The lowest BCUT2D eigenvalue weighted by atomic mass is 10.3. The van der Waals surface area contributed by atoms with Gasteiger partial charge >= 0.3 is 0 Å². The van der Waals surface area contributed by atoms with E-state index < -0.39 is 23.8 Å². The molecule has 0 radical (unpaired) electrons. The van der Waals surface area contributed by atoms with E-state index in [1.54, 1.807) is 10.6 Å². The largest absolute Gasteiger partial charge is 0.382 e. The van der Waals surface area contributed by atoms with Crippen molar-refractivity contribution in [1.29, 1.82) is 0 Å². The predicted molar refractivity (Wildman–Crippen MR) is 139 cm³/mol. The molecule has 16 heteroatoms. The number of thiazole rings is 1. The zero-order chi connectivity index (χ0) is 25.6. The molecule has 0 fully saturated rings. The molecule has 0 saturated carbocycles. The van der Waals surface area contributed by atoms with Crippen molar-refractivity contribution in [2.45, 2.75) is 27.0 Å². The summed E-state index contributed by atoms with van der Waals surface area (Å²) >= 11 is 9.03. The third-order valence-electron chi connectivity index (χ3n) is 5.58. The number of hydrogen-bond acceptors (Lipinski definition) is 12. The highest BCUT2D eigenvalue weighted by Gasteiger charge is 2.45. The number of hydrogen-bond donors (Lipinski definition) is 2. The van der Waals surface area contributed by atoms with E-state index in [1.807, 2.05) is 12.1 Å². The van der Waals surface area contributed by atoms with Gasteiger partial charge in [0.2, 0.25) is 0 Å². The maximum atomic E-state index is 12.2. The lowest BCUT2D eigenvalue weighted by molar-refractivity contribution is 0.520. The van der Waals surface area contributed by atoms with Gasteiger partial charge in [0, 0.05) is 32.1 Å². The van der Waals surface area contributed by atoms with Gasteiger partial charge in [-0.25, -0.2) is 36.8 Å². The molecule has 3 heterocycles. The second-order valence-corrected chi connectivity index (χ2v) is 15.8. The molecule has 0 saturated heterocycles. The minimum Gasteiger partial charge on any atom is -0.382 e. The van der Waals surface area contributed by atoms with Crippen LogP contribution >= 0.6 is 34.7 Å². The standard InChI is InChI=1S/C19H22ClN7O4S4/c1-19(34(2,28)29,35(3,30)31)9-22-7-8-27-16-13(15(21)23-10-24-16)26-17(27)33-18-25-12-6-4-5-11(20)14(12)32-18/h4-6,10,22H,7-9H2,1-3H3,(H2,21,23,24). The second kappa shape index (κ2) is 9.44. The van der Waals surface area contributed by atoms with Crippen LogP contribution in [0.4, 0.5) is 5.82 Å². The quantitative estimate of drug-likeness (QED) is 0.281. The molecule has 3 aromatic heterocycles. The van der Waals surface area contributed by atoms with E-state index in [4.69, 9.17) is 17.3 Å². The Labute approximate surface area is 215 Å². The summed E-state index contributed by atoms with van der Waals surface area (Å²) in [6.45, 7) is 1.48. The molecule has 1 aromatic carbocycles. The lowest BCUT2D eigenvalue weighted by Gasteiger charge is -2.26. The van der Waals surface area contributed by atoms with Crippen molar-refractivity contribution >= 4 is 81.6 Å². The van der Waals surface area contributed by atoms with Gasteiger partial charge in [0.15, 0.2) is 50.2 Å². The van der Waals surface area contributed by atoms with Crippen molar-refractivity contribution in [2.75, 3.05) is 31.3 Å². The summed E-state index contributed by atoms with van der Waals surface area (Å²) < 4.78 is 50.2. The smallest absolute Gasteiger partial charge is 0.182 e. The fraction of sp³-hybridized carbons (Fsp3) is 0.368. The molecular formula is C19H22ClN7O4S4. The van der Waals surface area contributed by atoms with Crippen LogP contribution in [0, 0.1) is 0 Å². The van der Waals surface area contributed by atoms with Crippen molar-refractivity contribution in [3.63, 3.8) is 0 Å². The van der Waals surface area contributed by atoms with Gasteiger partial charge in [0.05, 0.1) is 15.2 Å². The molecule has 4 aromatic rings. The number of halogens is 1. The number of benzene rings is 1. The summed E-state index contributed by atoms with van der Waals surface area (Å²) in [5.41, 5.74) is 7.70. The summed E-state index contributed by atoms with van der Waals surface area (Å²) in [5, 5.41) is 4.12. The first-order valence-electron chi connectivity index (χ1n) is 10.1. The number of aromatic nitrogens is 5. The van der Waals surface area contributed by atoms with Gasteiger partial charge in [-0.05, 0) is 30.8 Å². The molecule has 35 heavy (non-hydrogen) atoms. The van der Waals surface area contributed by atoms with Gasteiger partial charge in [-0.2, -0.15) is 0 Å². The Bertz CT molecular complexity index is 1600. The van der Waals surface area contributed by atoms with E-state index in [9.17, 15) is 16.8 Å². The van der Waals surface area contributed by atoms with E-state index in [2.05, 4.69) is 25.3 Å². The Hall–Kier alpha value is -2.04. The Balaban J connectivity index is 1.61. The highest BCUT2D eigenvalue weighted by molar-refractivity contribution is 8.09. The second-order valence-electron chi connectivity index (χ2n) is 8.00. The number of rotatable bonds is 9.